The van der Waals surface area contributed by atoms with E-state index in [-0.39, 0.29) is 5.41 Å². The summed E-state index contributed by atoms with van der Waals surface area (Å²) in [4.78, 5) is 7.12. The van der Waals surface area contributed by atoms with Crippen molar-refractivity contribution in [3.8, 4) is 0 Å². The summed E-state index contributed by atoms with van der Waals surface area (Å²) in [6, 6.07) is 4.72. The van der Waals surface area contributed by atoms with Gasteiger partial charge in [-0.25, -0.2) is 4.98 Å². The zero-order valence-corrected chi connectivity index (χ0v) is 14.2. The van der Waals surface area contributed by atoms with Crippen molar-refractivity contribution in [3.63, 3.8) is 0 Å². The van der Waals surface area contributed by atoms with Crippen LogP contribution in [-0.4, -0.2) is 18.1 Å². The van der Waals surface area contributed by atoms with Gasteiger partial charge in [0.15, 0.2) is 0 Å². The fourth-order valence-electron chi connectivity index (χ4n) is 2.32. The van der Waals surface area contributed by atoms with Crippen LogP contribution in [0.1, 0.15) is 59.2 Å². The van der Waals surface area contributed by atoms with Gasteiger partial charge in [-0.3, -0.25) is 0 Å². The summed E-state index contributed by atoms with van der Waals surface area (Å²) in [5.74, 6) is 1.72. The molecule has 2 N–H and O–H groups in total. The highest BCUT2D eigenvalue weighted by Gasteiger charge is 2.19. The summed E-state index contributed by atoms with van der Waals surface area (Å²) < 4.78 is 0. The van der Waals surface area contributed by atoms with Crippen molar-refractivity contribution in [2.45, 2.75) is 66.0 Å². The van der Waals surface area contributed by atoms with Crippen LogP contribution in [0.15, 0.2) is 12.1 Å². The Morgan fingerprint density at radius 3 is 2.25 bits per heavy atom. The van der Waals surface area contributed by atoms with E-state index in [1.54, 1.807) is 0 Å². The molecule has 1 aromatic rings. The Morgan fingerprint density at radius 2 is 1.80 bits per heavy atom. The molecule has 114 valence electrons. The Labute approximate surface area is 124 Å². The van der Waals surface area contributed by atoms with Gasteiger partial charge in [-0.2, -0.15) is 0 Å². The normalized spacial score (nSPS) is 13.7. The number of anilines is 1. The van der Waals surface area contributed by atoms with Crippen LogP contribution in [0.3, 0.4) is 0 Å². The van der Waals surface area contributed by atoms with Crippen LogP contribution in [0.5, 0.6) is 0 Å². The van der Waals surface area contributed by atoms with Gasteiger partial charge < -0.3 is 10.6 Å². The van der Waals surface area contributed by atoms with Crippen LogP contribution in [0.25, 0.3) is 0 Å². The average Bonchev–Trinajstić information content (AvgIpc) is 2.35. The Hall–Kier alpha value is -1.09. The van der Waals surface area contributed by atoms with Gasteiger partial charge in [0.2, 0.25) is 0 Å². The first-order chi connectivity index (χ1) is 9.15. The van der Waals surface area contributed by atoms with E-state index in [4.69, 9.17) is 10.7 Å². The minimum Gasteiger partial charge on any atom is -0.357 e. The quantitative estimate of drug-likeness (QED) is 0.892. The highest BCUT2D eigenvalue weighted by molar-refractivity contribution is 5.44. The van der Waals surface area contributed by atoms with Crippen LogP contribution >= 0.6 is 0 Å². The number of hydrogen-bond donors (Lipinski definition) is 1. The van der Waals surface area contributed by atoms with Gasteiger partial charge in [0.1, 0.15) is 5.82 Å². The third-order valence-electron chi connectivity index (χ3n) is 3.71. The second kappa shape index (κ2) is 6.57. The predicted octanol–water partition coefficient (Wildman–Crippen LogP) is 3.71. The fraction of sp³-hybridized carbons (Fsp3) is 0.706. The summed E-state index contributed by atoms with van der Waals surface area (Å²) >= 11 is 0. The zero-order chi connectivity index (χ0) is 15.5. The highest BCUT2D eigenvalue weighted by atomic mass is 15.2. The maximum Gasteiger partial charge on any atom is 0.129 e. The molecule has 0 saturated heterocycles. The van der Waals surface area contributed by atoms with E-state index in [1.807, 2.05) is 0 Å². The summed E-state index contributed by atoms with van der Waals surface area (Å²) in [6.07, 6.45) is 1.16. The second-order valence-electron chi connectivity index (χ2n) is 7.26. The molecule has 1 heterocycles. The highest BCUT2D eigenvalue weighted by Crippen LogP contribution is 2.26. The first kappa shape index (κ1) is 17.0. The van der Waals surface area contributed by atoms with E-state index in [2.05, 4.69) is 65.6 Å². The van der Waals surface area contributed by atoms with Crippen molar-refractivity contribution >= 4 is 5.82 Å². The molecule has 3 heteroatoms. The van der Waals surface area contributed by atoms with Gasteiger partial charge in [-0.1, -0.05) is 34.6 Å². The zero-order valence-electron chi connectivity index (χ0n) is 14.2. The number of pyridine rings is 1. The van der Waals surface area contributed by atoms with Gasteiger partial charge >= 0.3 is 0 Å². The topological polar surface area (TPSA) is 42.1 Å². The summed E-state index contributed by atoms with van der Waals surface area (Å²) in [7, 11) is 2.13. The third kappa shape index (κ3) is 4.48. The van der Waals surface area contributed by atoms with Gasteiger partial charge in [0.25, 0.3) is 0 Å². The van der Waals surface area contributed by atoms with Gasteiger partial charge in [0, 0.05) is 30.7 Å². The van der Waals surface area contributed by atoms with E-state index in [0.29, 0.717) is 18.5 Å². The summed E-state index contributed by atoms with van der Waals surface area (Å²) in [5.41, 5.74) is 8.15. The molecule has 0 aliphatic rings. The Bertz CT molecular complexity index is 432. The van der Waals surface area contributed by atoms with Crippen molar-refractivity contribution in [3.05, 3.63) is 23.4 Å². The lowest BCUT2D eigenvalue weighted by Gasteiger charge is -2.29. The maximum absolute atomic E-state index is 5.84. The number of rotatable bonds is 5. The van der Waals surface area contributed by atoms with Crippen molar-refractivity contribution < 1.29 is 0 Å². The monoisotopic (exact) mass is 277 g/mol. The molecule has 0 amide bonds. The van der Waals surface area contributed by atoms with Crippen LogP contribution in [0, 0.1) is 5.92 Å². The van der Waals surface area contributed by atoms with Gasteiger partial charge in [0.05, 0.1) is 0 Å². The Kier molecular flexibility index (Phi) is 5.58. The molecule has 0 aliphatic carbocycles. The maximum atomic E-state index is 5.84. The van der Waals surface area contributed by atoms with Gasteiger partial charge in [-0.05, 0) is 37.0 Å². The number of nitrogens with two attached hydrogens (primary N) is 1. The van der Waals surface area contributed by atoms with Crippen molar-refractivity contribution in [1.29, 1.82) is 0 Å². The largest absolute Gasteiger partial charge is 0.357 e. The molecule has 0 aliphatic heterocycles. The van der Waals surface area contributed by atoms with Crippen LogP contribution < -0.4 is 10.6 Å². The molecule has 1 atom stereocenters. The van der Waals surface area contributed by atoms with Crippen molar-refractivity contribution in [2.24, 2.45) is 11.7 Å². The number of hydrogen-bond acceptors (Lipinski definition) is 3. The van der Waals surface area contributed by atoms with Gasteiger partial charge in [-0.15, -0.1) is 0 Å². The van der Waals surface area contributed by atoms with Crippen LogP contribution in [-0.2, 0) is 12.0 Å². The fourth-order valence-corrected chi connectivity index (χ4v) is 2.32. The lowest BCUT2D eigenvalue weighted by molar-refractivity contribution is 0.499. The van der Waals surface area contributed by atoms with E-state index >= 15 is 0 Å². The lowest BCUT2D eigenvalue weighted by Crippen LogP contribution is -2.31. The Balaban J connectivity index is 3.10. The average molecular weight is 277 g/mol. The molecule has 0 bridgehead atoms. The molecular formula is C17H31N3. The molecular weight excluding hydrogens is 246 g/mol. The Morgan fingerprint density at radius 1 is 1.20 bits per heavy atom. The van der Waals surface area contributed by atoms with E-state index in [0.717, 1.165) is 23.5 Å². The predicted molar refractivity (Wildman–Crippen MR) is 88.1 cm³/mol. The van der Waals surface area contributed by atoms with Crippen molar-refractivity contribution in [1.82, 2.24) is 4.98 Å². The molecule has 20 heavy (non-hydrogen) atoms. The number of aromatic nitrogens is 1. The minimum absolute atomic E-state index is 0.0437. The number of nitrogens with zero attached hydrogens (tertiary/aromatic N) is 2. The molecule has 0 spiro atoms. The van der Waals surface area contributed by atoms with Crippen LogP contribution in [0.4, 0.5) is 5.82 Å². The molecule has 0 fully saturated rings. The third-order valence-corrected chi connectivity index (χ3v) is 3.71. The lowest BCUT2D eigenvalue weighted by atomic mass is 9.90. The summed E-state index contributed by atoms with van der Waals surface area (Å²) in [5, 5.41) is 0. The van der Waals surface area contributed by atoms with Crippen LogP contribution in [0.2, 0.25) is 0 Å². The molecule has 1 aromatic heterocycles. The molecule has 0 saturated carbocycles. The first-order valence-corrected chi connectivity index (χ1v) is 7.59. The molecule has 3 nitrogen and oxygen atoms in total. The second-order valence-corrected chi connectivity index (χ2v) is 7.26. The molecule has 0 aromatic carbocycles. The molecule has 1 rings (SSSR count). The molecule has 1 unspecified atom stereocenters. The van der Waals surface area contributed by atoms with E-state index < -0.39 is 0 Å². The summed E-state index contributed by atoms with van der Waals surface area (Å²) in [6.45, 7) is 13.9. The van der Waals surface area contributed by atoms with E-state index in [1.165, 1.54) is 0 Å². The minimum atomic E-state index is 0.0437. The van der Waals surface area contributed by atoms with Crippen molar-refractivity contribution in [2.75, 3.05) is 11.9 Å². The van der Waals surface area contributed by atoms with E-state index in [9.17, 15) is 0 Å². The smallest absolute Gasteiger partial charge is 0.129 e. The standard InChI is InChI=1S/C17H31N3/c1-12(2)8-13(3)20(7)16-10-14(11-18)9-15(19-16)17(4,5)6/h9-10,12-13H,8,11,18H2,1-7H3. The first-order valence-electron chi connectivity index (χ1n) is 7.59. The molecule has 0 radical (unpaired) electrons. The SMILES string of the molecule is CC(C)CC(C)N(C)c1cc(CN)cc(C(C)(C)C)n1.